The number of rotatable bonds is 4. The number of carbonyl (C=O) groups excluding carboxylic acids is 1. The molecule has 4 rings (SSSR count). The standard InChI is InChI=1S/C19H22N4O2S2/c1-12-4-7-15(26-12)18(24)21-19-20-16-14(25-3)6-5-13(17(16)27-19)23-10-8-22(2)9-11-23/h4-7H,8-11H2,1-3H3,(H,20,21,24). The number of nitrogens with zero attached hydrogens (tertiary/aromatic N) is 3. The molecule has 142 valence electrons. The fraction of sp³-hybridized carbons (Fsp3) is 0.368. The summed E-state index contributed by atoms with van der Waals surface area (Å²) >= 11 is 2.99. The molecule has 1 aliphatic heterocycles. The number of thiazole rings is 1. The molecule has 1 amide bonds. The molecule has 27 heavy (non-hydrogen) atoms. The van der Waals surface area contributed by atoms with E-state index in [-0.39, 0.29) is 5.91 Å². The van der Waals surface area contributed by atoms with E-state index in [4.69, 9.17) is 4.74 Å². The number of anilines is 2. The second kappa shape index (κ2) is 7.46. The fourth-order valence-electron chi connectivity index (χ4n) is 3.20. The van der Waals surface area contributed by atoms with E-state index in [9.17, 15) is 4.79 Å². The monoisotopic (exact) mass is 402 g/mol. The molecule has 0 aliphatic carbocycles. The SMILES string of the molecule is COc1ccc(N2CCN(C)CC2)c2sc(NC(=O)c3ccc(C)s3)nc12. The lowest BCUT2D eigenvalue weighted by Gasteiger charge is -2.34. The van der Waals surface area contributed by atoms with Crippen molar-refractivity contribution in [3.8, 4) is 5.75 Å². The van der Waals surface area contributed by atoms with Gasteiger partial charge in [0, 0.05) is 31.1 Å². The lowest BCUT2D eigenvalue weighted by Crippen LogP contribution is -2.44. The van der Waals surface area contributed by atoms with E-state index >= 15 is 0 Å². The first-order valence-corrected chi connectivity index (χ1v) is 10.5. The Hall–Kier alpha value is -2.16. The Kier molecular flexibility index (Phi) is 5.03. The maximum absolute atomic E-state index is 12.5. The summed E-state index contributed by atoms with van der Waals surface area (Å²) in [5.41, 5.74) is 1.96. The summed E-state index contributed by atoms with van der Waals surface area (Å²) in [6, 6.07) is 7.86. The highest BCUT2D eigenvalue weighted by atomic mass is 32.1. The van der Waals surface area contributed by atoms with Gasteiger partial charge in [0.2, 0.25) is 0 Å². The third-order valence-corrected chi connectivity index (χ3v) is 6.73. The molecule has 1 aliphatic rings. The molecule has 1 N–H and O–H groups in total. The van der Waals surface area contributed by atoms with Crippen molar-refractivity contribution >= 4 is 49.6 Å². The molecule has 0 saturated carbocycles. The van der Waals surface area contributed by atoms with Gasteiger partial charge in [-0.1, -0.05) is 11.3 Å². The van der Waals surface area contributed by atoms with Gasteiger partial charge in [-0.25, -0.2) is 4.98 Å². The normalized spacial score (nSPS) is 15.3. The predicted molar refractivity (Wildman–Crippen MR) is 113 cm³/mol. The summed E-state index contributed by atoms with van der Waals surface area (Å²) in [4.78, 5) is 23.7. The Morgan fingerprint density at radius 3 is 2.59 bits per heavy atom. The number of fused-ring (bicyclic) bond motifs is 1. The van der Waals surface area contributed by atoms with Gasteiger partial charge in [0.15, 0.2) is 5.13 Å². The Morgan fingerprint density at radius 2 is 1.93 bits per heavy atom. The quantitative estimate of drug-likeness (QED) is 0.721. The van der Waals surface area contributed by atoms with Gasteiger partial charge in [-0.2, -0.15) is 0 Å². The van der Waals surface area contributed by atoms with Crippen LogP contribution in [0.5, 0.6) is 5.75 Å². The van der Waals surface area contributed by atoms with Gasteiger partial charge in [0.1, 0.15) is 11.3 Å². The molecule has 3 heterocycles. The molecule has 0 unspecified atom stereocenters. The smallest absolute Gasteiger partial charge is 0.267 e. The fourth-order valence-corrected chi connectivity index (χ4v) is 4.98. The van der Waals surface area contributed by atoms with Crippen LogP contribution in [0, 0.1) is 6.92 Å². The number of carbonyl (C=O) groups is 1. The highest BCUT2D eigenvalue weighted by Gasteiger charge is 2.21. The molecule has 1 aromatic carbocycles. The molecule has 0 bridgehead atoms. The van der Waals surface area contributed by atoms with Crippen molar-refractivity contribution < 1.29 is 9.53 Å². The van der Waals surface area contributed by atoms with Crippen LogP contribution in [0.1, 0.15) is 14.5 Å². The Balaban J connectivity index is 1.67. The molecule has 2 aromatic heterocycles. The van der Waals surface area contributed by atoms with E-state index in [1.165, 1.54) is 22.7 Å². The topological polar surface area (TPSA) is 57.7 Å². The van der Waals surface area contributed by atoms with Crippen LogP contribution in [-0.2, 0) is 0 Å². The number of amides is 1. The largest absolute Gasteiger partial charge is 0.494 e. The number of aryl methyl sites for hydroxylation is 1. The van der Waals surface area contributed by atoms with E-state index in [0.717, 1.165) is 52.7 Å². The van der Waals surface area contributed by atoms with Crippen LogP contribution in [0.25, 0.3) is 10.2 Å². The molecule has 1 fully saturated rings. The number of benzene rings is 1. The maximum Gasteiger partial charge on any atom is 0.267 e. The van der Waals surface area contributed by atoms with Crippen molar-refractivity contribution in [3.05, 3.63) is 34.0 Å². The molecule has 8 heteroatoms. The maximum atomic E-state index is 12.5. The van der Waals surface area contributed by atoms with Gasteiger partial charge in [0.25, 0.3) is 5.91 Å². The number of hydrogen-bond donors (Lipinski definition) is 1. The first kappa shape index (κ1) is 18.2. The summed E-state index contributed by atoms with van der Waals surface area (Å²) in [6.07, 6.45) is 0. The zero-order valence-electron chi connectivity index (χ0n) is 15.6. The first-order valence-electron chi connectivity index (χ1n) is 8.84. The Bertz CT molecular complexity index is 973. The number of nitrogens with one attached hydrogen (secondary N) is 1. The Labute approximate surface area is 166 Å². The summed E-state index contributed by atoms with van der Waals surface area (Å²) in [6.45, 7) is 6.02. The van der Waals surface area contributed by atoms with Gasteiger partial charge in [0.05, 0.1) is 22.4 Å². The summed E-state index contributed by atoms with van der Waals surface area (Å²) in [7, 11) is 3.80. The third kappa shape index (κ3) is 3.65. The van der Waals surface area contributed by atoms with Crippen molar-refractivity contribution in [1.82, 2.24) is 9.88 Å². The average molecular weight is 403 g/mol. The molecule has 6 nitrogen and oxygen atoms in total. The average Bonchev–Trinajstić information content (AvgIpc) is 3.28. The number of thiophene rings is 1. The van der Waals surface area contributed by atoms with E-state index < -0.39 is 0 Å². The zero-order valence-corrected chi connectivity index (χ0v) is 17.2. The summed E-state index contributed by atoms with van der Waals surface area (Å²) in [5.74, 6) is 0.610. The second-order valence-corrected chi connectivity index (χ2v) is 8.93. The van der Waals surface area contributed by atoms with Crippen LogP contribution in [0.2, 0.25) is 0 Å². The highest BCUT2D eigenvalue weighted by molar-refractivity contribution is 7.23. The number of ether oxygens (including phenoxy) is 1. The third-order valence-electron chi connectivity index (χ3n) is 4.73. The van der Waals surface area contributed by atoms with E-state index in [2.05, 4.69) is 33.2 Å². The zero-order chi connectivity index (χ0) is 19.0. The number of aromatic nitrogens is 1. The van der Waals surface area contributed by atoms with Gasteiger partial charge in [-0.15, -0.1) is 11.3 Å². The first-order chi connectivity index (χ1) is 13.0. The van der Waals surface area contributed by atoms with Crippen LogP contribution in [0.15, 0.2) is 24.3 Å². The van der Waals surface area contributed by atoms with Crippen LogP contribution in [0.3, 0.4) is 0 Å². The number of likely N-dealkylation sites (N-methyl/N-ethyl adjacent to an activating group) is 1. The predicted octanol–water partition coefficient (Wildman–Crippen LogP) is 3.68. The van der Waals surface area contributed by atoms with Crippen LogP contribution in [0.4, 0.5) is 10.8 Å². The lowest BCUT2D eigenvalue weighted by atomic mass is 10.2. The van der Waals surface area contributed by atoms with E-state index in [1.54, 1.807) is 7.11 Å². The van der Waals surface area contributed by atoms with Crippen molar-refractivity contribution in [2.75, 3.05) is 50.6 Å². The van der Waals surface area contributed by atoms with Crippen molar-refractivity contribution in [3.63, 3.8) is 0 Å². The minimum absolute atomic E-state index is 0.118. The molecule has 0 atom stereocenters. The van der Waals surface area contributed by atoms with Gasteiger partial charge < -0.3 is 14.5 Å². The minimum atomic E-state index is -0.118. The number of methoxy groups -OCH3 is 1. The van der Waals surface area contributed by atoms with Crippen LogP contribution in [-0.4, -0.2) is 56.1 Å². The highest BCUT2D eigenvalue weighted by Crippen LogP contribution is 2.39. The van der Waals surface area contributed by atoms with Gasteiger partial charge >= 0.3 is 0 Å². The van der Waals surface area contributed by atoms with Gasteiger partial charge in [-0.3, -0.25) is 10.1 Å². The second-order valence-electron chi connectivity index (χ2n) is 6.64. The van der Waals surface area contributed by atoms with Gasteiger partial charge in [-0.05, 0) is 38.2 Å². The van der Waals surface area contributed by atoms with Crippen molar-refractivity contribution in [1.29, 1.82) is 0 Å². The molecule has 0 spiro atoms. The van der Waals surface area contributed by atoms with E-state index in [0.29, 0.717) is 10.0 Å². The van der Waals surface area contributed by atoms with E-state index in [1.807, 2.05) is 25.1 Å². The minimum Gasteiger partial charge on any atom is -0.494 e. The number of hydrogen-bond acceptors (Lipinski definition) is 7. The summed E-state index contributed by atoms with van der Waals surface area (Å²) < 4.78 is 6.55. The molecular weight excluding hydrogens is 380 g/mol. The summed E-state index contributed by atoms with van der Waals surface area (Å²) in [5, 5.41) is 3.54. The Morgan fingerprint density at radius 1 is 1.15 bits per heavy atom. The molecule has 3 aromatic rings. The molecule has 0 radical (unpaired) electrons. The van der Waals surface area contributed by atoms with Crippen molar-refractivity contribution in [2.24, 2.45) is 0 Å². The molecule has 1 saturated heterocycles. The molecular formula is C19H22N4O2S2. The van der Waals surface area contributed by atoms with Crippen LogP contribution >= 0.6 is 22.7 Å². The number of piperazine rings is 1. The van der Waals surface area contributed by atoms with Crippen LogP contribution < -0.4 is 15.0 Å². The van der Waals surface area contributed by atoms with Crippen molar-refractivity contribution in [2.45, 2.75) is 6.92 Å². The lowest BCUT2D eigenvalue weighted by molar-refractivity contribution is 0.103.